The van der Waals surface area contributed by atoms with E-state index in [1.165, 1.54) is 0 Å². The third kappa shape index (κ3) is 5.59. The Labute approximate surface area is 168 Å². The van der Waals surface area contributed by atoms with Gasteiger partial charge in [0.2, 0.25) is 0 Å². The van der Waals surface area contributed by atoms with Crippen molar-refractivity contribution < 1.29 is 14.3 Å². The molecule has 1 N–H and O–H groups in total. The van der Waals surface area contributed by atoms with Gasteiger partial charge in [-0.2, -0.15) is 5.10 Å². The highest BCUT2D eigenvalue weighted by Crippen LogP contribution is 2.16. The zero-order chi connectivity index (χ0) is 19.8. The van der Waals surface area contributed by atoms with Gasteiger partial charge in [-0.1, -0.05) is 35.9 Å². The lowest BCUT2D eigenvalue weighted by Gasteiger charge is -2.07. The Morgan fingerprint density at radius 1 is 1.04 bits per heavy atom. The molecule has 0 saturated carbocycles. The van der Waals surface area contributed by atoms with Crippen LogP contribution in [0.15, 0.2) is 77.9 Å². The minimum absolute atomic E-state index is 0.305. The van der Waals surface area contributed by atoms with E-state index in [9.17, 15) is 4.79 Å². The highest BCUT2D eigenvalue weighted by molar-refractivity contribution is 6.30. The van der Waals surface area contributed by atoms with Gasteiger partial charge in [0.05, 0.1) is 13.3 Å². The van der Waals surface area contributed by atoms with E-state index >= 15 is 0 Å². The summed E-state index contributed by atoms with van der Waals surface area (Å²) >= 11 is 5.96. The summed E-state index contributed by atoms with van der Waals surface area (Å²) in [5, 5.41) is 4.65. The lowest BCUT2D eigenvalue weighted by atomic mass is 10.2. The molecule has 142 valence electrons. The maximum Gasteiger partial charge on any atom is 0.271 e. The molecule has 3 aromatic rings. The molecule has 0 aliphatic heterocycles. The van der Waals surface area contributed by atoms with Crippen LogP contribution in [0.5, 0.6) is 11.5 Å². The third-order valence-electron chi connectivity index (χ3n) is 3.88. The number of nitrogens with one attached hydrogen (secondary N) is 1. The van der Waals surface area contributed by atoms with Crippen molar-refractivity contribution in [2.45, 2.75) is 6.61 Å². The van der Waals surface area contributed by atoms with E-state index in [0.717, 1.165) is 16.9 Å². The van der Waals surface area contributed by atoms with Crippen LogP contribution in [0.2, 0.25) is 5.02 Å². The Hall–Kier alpha value is -3.31. The van der Waals surface area contributed by atoms with Crippen molar-refractivity contribution in [1.29, 1.82) is 0 Å². The second-order valence-corrected chi connectivity index (χ2v) is 6.36. The molecule has 0 aromatic heterocycles. The average Bonchev–Trinajstić information content (AvgIpc) is 2.73. The van der Waals surface area contributed by atoms with Gasteiger partial charge in [0.1, 0.15) is 18.1 Å². The zero-order valence-corrected chi connectivity index (χ0v) is 16.0. The fourth-order valence-corrected chi connectivity index (χ4v) is 2.66. The first kappa shape index (κ1) is 19.5. The van der Waals surface area contributed by atoms with Gasteiger partial charge in [-0.15, -0.1) is 0 Å². The first-order chi connectivity index (χ1) is 13.6. The highest BCUT2D eigenvalue weighted by Gasteiger charge is 2.05. The molecular formula is C22H19ClN2O3. The number of nitrogens with zero attached hydrogens (tertiary/aromatic N) is 1. The number of halogens is 1. The van der Waals surface area contributed by atoms with Gasteiger partial charge in [-0.3, -0.25) is 4.79 Å². The highest BCUT2D eigenvalue weighted by atomic mass is 35.5. The van der Waals surface area contributed by atoms with Gasteiger partial charge in [-0.25, -0.2) is 5.43 Å². The molecule has 3 rings (SSSR count). The number of hydrogen-bond acceptors (Lipinski definition) is 4. The number of benzene rings is 3. The maximum absolute atomic E-state index is 12.2. The molecule has 0 aliphatic rings. The van der Waals surface area contributed by atoms with E-state index in [-0.39, 0.29) is 5.91 Å². The van der Waals surface area contributed by atoms with E-state index < -0.39 is 0 Å². The molecule has 0 unspecified atom stereocenters. The van der Waals surface area contributed by atoms with Crippen molar-refractivity contribution in [3.8, 4) is 11.5 Å². The summed E-state index contributed by atoms with van der Waals surface area (Å²) in [7, 11) is 1.60. The summed E-state index contributed by atoms with van der Waals surface area (Å²) in [6.07, 6.45) is 1.56. The fourth-order valence-electron chi connectivity index (χ4n) is 2.45. The summed E-state index contributed by atoms with van der Waals surface area (Å²) in [4.78, 5) is 12.2. The van der Waals surface area contributed by atoms with E-state index in [0.29, 0.717) is 22.9 Å². The van der Waals surface area contributed by atoms with Crippen LogP contribution < -0.4 is 14.9 Å². The Balaban J connectivity index is 1.53. The Kier molecular flexibility index (Phi) is 6.65. The van der Waals surface area contributed by atoms with E-state index in [1.54, 1.807) is 37.6 Å². The molecule has 5 nitrogen and oxygen atoms in total. The van der Waals surface area contributed by atoms with Gasteiger partial charge in [0.25, 0.3) is 5.91 Å². The van der Waals surface area contributed by atoms with Crippen molar-refractivity contribution >= 4 is 23.7 Å². The predicted molar refractivity (Wildman–Crippen MR) is 110 cm³/mol. The maximum atomic E-state index is 12.2. The second-order valence-electron chi connectivity index (χ2n) is 5.92. The Morgan fingerprint density at radius 2 is 1.82 bits per heavy atom. The van der Waals surface area contributed by atoms with Crippen LogP contribution in [-0.2, 0) is 6.61 Å². The van der Waals surface area contributed by atoms with Crippen LogP contribution in [0.1, 0.15) is 21.5 Å². The van der Waals surface area contributed by atoms with Gasteiger partial charge in [-0.05, 0) is 59.7 Å². The third-order valence-corrected chi connectivity index (χ3v) is 4.12. The summed E-state index contributed by atoms with van der Waals surface area (Å²) in [5.41, 5.74) is 4.78. The Bertz CT molecular complexity index is 972. The molecule has 0 bridgehead atoms. The molecule has 0 radical (unpaired) electrons. The number of amides is 1. The number of carbonyl (C=O) groups is 1. The van der Waals surface area contributed by atoms with E-state index in [1.807, 2.05) is 48.5 Å². The second kappa shape index (κ2) is 9.58. The number of ether oxygens (including phenoxy) is 2. The smallest absolute Gasteiger partial charge is 0.271 e. The minimum Gasteiger partial charge on any atom is -0.497 e. The van der Waals surface area contributed by atoms with Crippen LogP contribution in [0.25, 0.3) is 0 Å². The largest absolute Gasteiger partial charge is 0.497 e. The molecular weight excluding hydrogens is 376 g/mol. The predicted octanol–water partition coefficient (Wildman–Crippen LogP) is 4.69. The van der Waals surface area contributed by atoms with Crippen LogP contribution in [0, 0.1) is 0 Å². The van der Waals surface area contributed by atoms with E-state index in [2.05, 4.69) is 10.5 Å². The fraction of sp³-hybridized carbons (Fsp3) is 0.0909. The molecule has 3 aromatic carbocycles. The van der Waals surface area contributed by atoms with Crippen molar-refractivity contribution in [2.75, 3.05) is 7.11 Å². The van der Waals surface area contributed by atoms with Crippen molar-refractivity contribution in [2.24, 2.45) is 5.10 Å². The molecule has 0 saturated heterocycles. The number of carbonyl (C=O) groups excluding carboxylic acids is 1. The number of methoxy groups -OCH3 is 1. The van der Waals surface area contributed by atoms with Crippen molar-refractivity contribution in [1.82, 2.24) is 5.43 Å². The molecule has 0 aliphatic carbocycles. The van der Waals surface area contributed by atoms with Gasteiger partial charge in [0, 0.05) is 10.6 Å². The van der Waals surface area contributed by atoms with Crippen molar-refractivity contribution in [3.05, 3.63) is 94.5 Å². The molecule has 28 heavy (non-hydrogen) atoms. The summed E-state index contributed by atoms with van der Waals surface area (Å²) in [5.74, 6) is 1.08. The molecule has 0 heterocycles. The first-order valence-electron chi connectivity index (χ1n) is 8.59. The van der Waals surface area contributed by atoms with Crippen molar-refractivity contribution in [3.63, 3.8) is 0 Å². The molecule has 0 fully saturated rings. The summed E-state index contributed by atoms with van der Waals surface area (Å²) in [6, 6.07) is 21.7. The Morgan fingerprint density at radius 3 is 2.57 bits per heavy atom. The van der Waals surface area contributed by atoms with Crippen LogP contribution in [0.3, 0.4) is 0 Å². The molecule has 6 heteroatoms. The topological polar surface area (TPSA) is 59.9 Å². The van der Waals surface area contributed by atoms with Gasteiger partial charge < -0.3 is 9.47 Å². The number of hydrogen-bond donors (Lipinski definition) is 1. The SMILES string of the molecule is COc1cccc(/C=N/NC(=O)c2ccc(OCc3cccc(Cl)c3)cc2)c1. The van der Waals surface area contributed by atoms with Gasteiger partial charge >= 0.3 is 0 Å². The summed E-state index contributed by atoms with van der Waals surface area (Å²) < 4.78 is 10.9. The van der Waals surface area contributed by atoms with E-state index in [4.69, 9.17) is 21.1 Å². The number of rotatable bonds is 7. The monoisotopic (exact) mass is 394 g/mol. The normalized spacial score (nSPS) is 10.6. The van der Waals surface area contributed by atoms with Crippen LogP contribution in [0.4, 0.5) is 0 Å². The standard InChI is InChI=1S/C22H19ClN2O3/c1-27-21-7-3-4-16(13-21)14-24-25-22(26)18-8-10-20(11-9-18)28-15-17-5-2-6-19(23)12-17/h2-14H,15H2,1H3,(H,25,26)/b24-14+. The van der Waals surface area contributed by atoms with Crippen LogP contribution >= 0.6 is 11.6 Å². The van der Waals surface area contributed by atoms with Gasteiger partial charge in [0.15, 0.2) is 0 Å². The molecule has 1 amide bonds. The quantitative estimate of drug-likeness (QED) is 0.467. The lowest BCUT2D eigenvalue weighted by Crippen LogP contribution is -2.17. The molecule has 0 spiro atoms. The van der Waals surface area contributed by atoms with Crippen LogP contribution in [-0.4, -0.2) is 19.2 Å². The number of hydrazone groups is 1. The molecule has 0 atom stereocenters. The lowest BCUT2D eigenvalue weighted by molar-refractivity contribution is 0.0955. The average molecular weight is 395 g/mol. The zero-order valence-electron chi connectivity index (χ0n) is 15.3. The minimum atomic E-state index is -0.305. The summed E-state index contributed by atoms with van der Waals surface area (Å²) in [6.45, 7) is 0.400. The first-order valence-corrected chi connectivity index (χ1v) is 8.96.